The number of rotatable bonds is 16. The summed E-state index contributed by atoms with van der Waals surface area (Å²) in [6, 6.07) is 0. The lowest BCUT2D eigenvalue weighted by Gasteiger charge is -2.30. The molecule has 0 aromatic heterocycles. The smallest absolute Gasteiger partial charge is 0.0552 e. The molecule has 0 amide bonds. The minimum atomic E-state index is 0.349. The second-order valence-corrected chi connectivity index (χ2v) is 11.9. The predicted molar refractivity (Wildman–Crippen MR) is 162 cm³/mol. The highest BCUT2D eigenvalue weighted by atomic mass is 16.5. The summed E-state index contributed by atoms with van der Waals surface area (Å²) in [6.07, 6.45) is 8.69. The Balaban J connectivity index is -0.000000208. The highest BCUT2D eigenvalue weighted by Crippen LogP contribution is 2.27. The Morgan fingerprint density at radius 1 is 0.556 bits per heavy atom. The van der Waals surface area contributed by atoms with Crippen LogP contribution in [0, 0.1) is 16.7 Å². The van der Waals surface area contributed by atoms with Crippen LogP contribution in [0.4, 0.5) is 0 Å². The summed E-state index contributed by atoms with van der Waals surface area (Å²) in [4.78, 5) is 0. The van der Waals surface area contributed by atoms with E-state index in [1.165, 1.54) is 25.7 Å². The second kappa shape index (κ2) is 31.1. The monoisotopic (exact) mass is 521 g/mol. The Bertz CT molecular complexity index is 359. The molecule has 2 atom stereocenters. The van der Waals surface area contributed by atoms with Crippen LogP contribution in [0.15, 0.2) is 0 Å². The minimum Gasteiger partial charge on any atom is -0.382 e. The molecule has 0 saturated heterocycles. The van der Waals surface area contributed by atoms with Crippen LogP contribution in [0.3, 0.4) is 0 Å². The third-order valence-corrected chi connectivity index (χ3v) is 5.40. The highest BCUT2D eigenvalue weighted by molar-refractivity contribution is 4.71. The summed E-state index contributed by atoms with van der Waals surface area (Å²) in [5.74, 6) is 0.611. The Morgan fingerprint density at radius 3 is 1.25 bits per heavy atom. The molecular weight excluding hydrogens is 448 g/mol. The van der Waals surface area contributed by atoms with E-state index in [-0.39, 0.29) is 0 Å². The molecule has 0 aliphatic rings. The van der Waals surface area contributed by atoms with Gasteiger partial charge in [-0.15, -0.1) is 0 Å². The molecule has 0 aliphatic carbocycles. The van der Waals surface area contributed by atoms with E-state index in [2.05, 4.69) is 83.1 Å². The molecule has 0 fully saturated rings. The fraction of sp³-hybridized carbons (Fsp3) is 1.00. The molecule has 0 aliphatic heterocycles. The first-order valence-electron chi connectivity index (χ1n) is 15.1. The predicted octanol–water partition coefficient (Wildman–Crippen LogP) is 9.98. The van der Waals surface area contributed by atoms with Crippen LogP contribution in [0.5, 0.6) is 0 Å². The van der Waals surface area contributed by atoms with Gasteiger partial charge in [-0.1, -0.05) is 89.0 Å². The van der Waals surface area contributed by atoms with Gasteiger partial charge in [0.05, 0.1) is 6.10 Å². The summed E-state index contributed by atoms with van der Waals surface area (Å²) < 4.78 is 21.2. The van der Waals surface area contributed by atoms with Crippen molar-refractivity contribution in [3.63, 3.8) is 0 Å². The fourth-order valence-corrected chi connectivity index (χ4v) is 2.67. The number of unbranched alkanes of at least 4 members (excludes halogenated alkanes) is 2. The van der Waals surface area contributed by atoms with Gasteiger partial charge < -0.3 is 18.9 Å². The topological polar surface area (TPSA) is 36.9 Å². The van der Waals surface area contributed by atoms with Crippen molar-refractivity contribution in [2.24, 2.45) is 16.7 Å². The zero-order chi connectivity index (χ0) is 28.9. The summed E-state index contributed by atoms with van der Waals surface area (Å²) in [6.45, 7) is 37.0. The molecule has 2 unspecified atom stereocenters. The molecule has 224 valence electrons. The van der Waals surface area contributed by atoms with Gasteiger partial charge >= 0.3 is 0 Å². The lowest BCUT2D eigenvalue weighted by Crippen LogP contribution is -2.26. The summed E-state index contributed by atoms with van der Waals surface area (Å²) >= 11 is 0. The van der Waals surface area contributed by atoms with Crippen LogP contribution < -0.4 is 0 Å². The average molecular weight is 521 g/mol. The van der Waals surface area contributed by atoms with E-state index in [1.54, 1.807) is 0 Å². The molecule has 0 saturated carbocycles. The Morgan fingerprint density at radius 2 is 0.972 bits per heavy atom. The van der Waals surface area contributed by atoms with E-state index in [0.29, 0.717) is 22.9 Å². The first kappa shape index (κ1) is 42.9. The lowest BCUT2D eigenvalue weighted by molar-refractivity contribution is -0.00146. The van der Waals surface area contributed by atoms with Crippen molar-refractivity contribution in [3.05, 3.63) is 0 Å². The second-order valence-electron chi connectivity index (χ2n) is 11.9. The molecule has 4 heteroatoms. The third kappa shape index (κ3) is 47.1. The number of hydrogen-bond acceptors (Lipinski definition) is 4. The van der Waals surface area contributed by atoms with Crippen LogP contribution in [-0.4, -0.2) is 52.4 Å². The van der Waals surface area contributed by atoms with Crippen molar-refractivity contribution >= 4 is 0 Å². The molecule has 0 spiro atoms. The SMILES string of the molecule is CC(CC(C)(C)C)OCC(C)C(C)(C)C.CCCCOCCCC.CCCOCCC.CCOCC. The van der Waals surface area contributed by atoms with Gasteiger partial charge in [-0.2, -0.15) is 0 Å². The molecule has 0 N–H and O–H groups in total. The van der Waals surface area contributed by atoms with Gasteiger partial charge in [0.1, 0.15) is 0 Å². The van der Waals surface area contributed by atoms with Crippen LogP contribution in [0.25, 0.3) is 0 Å². The van der Waals surface area contributed by atoms with Gasteiger partial charge in [0.15, 0.2) is 0 Å². The van der Waals surface area contributed by atoms with Crippen molar-refractivity contribution in [1.82, 2.24) is 0 Å². The Labute approximate surface area is 230 Å². The molecule has 4 nitrogen and oxygen atoms in total. The van der Waals surface area contributed by atoms with Crippen LogP contribution in [0.2, 0.25) is 0 Å². The van der Waals surface area contributed by atoms with Crippen molar-refractivity contribution in [2.75, 3.05) is 46.2 Å². The quantitative estimate of drug-likeness (QED) is 0.190. The Hall–Kier alpha value is -0.160. The molecule has 0 bridgehead atoms. The van der Waals surface area contributed by atoms with Crippen molar-refractivity contribution in [1.29, 1.82) is 0 Å². The zero-order valence-electron chi connectivity index (χ0n) is 27.7. The molecule has 0 heterocycles. The standard InChI is InChI=1S/C14H30O.C8H18O.C6H14O.C4H10O/c1-11(14(6,7)8)10-15-12(2)9-13(3,4)5;1-3-5-7-9-8-6-4-2;1-3-5-7-6-4-2;1-3-5-4-2/h11-12H,9-10H2,1-8H3;3-8H2,1-2H3;3-6H2,1-2H3;3-4H2,1-2H3. The first-order chi connectivity index (χ1) is 16.8. The summed E-state index contributed by atoms with van der Waals surface area (Å²) in [5.41, 5.74) is 0.714. The molecule has 0 aromatic rings. The van der Waals surface area contributed by atoms with Crippen LogP contribution in [0.1, 0.15) is 142 Å². The van der Waals surface area contributed by atoms with Gasteiger partial charge in [0, 0.05) is 46.2 Å². The largest absolute Gasteiger partial charge is 0.382 e. The maximum atomic E-state index is 5.91. The summed E-state index contributed by atoms with van der Waals surface area (Å²) in [5, 5.41) is 0. The molecule has 36 heavy (non-hydrogen) atoms. The molecule has 0 aromatic carbocycles. The Kier molecular flexibility index (Phi) is 37.0. The minimum absolute atomic E-state index is 0.349. The lowest BCUT2D eigenvalue weighted by atomic mass is 9.82. The van der Waals surface area contributed by atoms with Crippen LogP contribution in [-0.2, 0) is 18.9 Å². The van der Waals surface area contributed by atoms with Crippen molar-refractivity contribution in [2.45, 2.75) is 148 Å². The van der Waals surface area contributed by atoms with Crippen molar-refractivity contribution in [3.8, 4) is 0 Å². The van der Waals surface area contributed by atoms with Gasteiger partial charge in [0.2, 0.25) is 0 Å². The van der Waals surface area contributed by atoms with Gasteiger partial charge in [-0.3, -0.25) is 0 Å². The highest BCUT2D eigenvalue weighted by Gasteiger charge is 2.22. The fourth-order valence-electron chi connectivity index (χ4n) is 2.67. The van der Waals surface area contributed by atoms with Crippen molar-refractivity contribution < 1.29 is 18.9 Å². The molecule has 0 radical (unpaired) electrons. The maximum absolute atomic E-state index is 5.91. The average Bonchev–Trinajstić information content (AvgIpc) is 2.78. The number of hydrogen-bond donors (Lipinski definition) is 0. The van der Waals surface area contributed by atoms with E-state index in [4.69, 9.17) is 18.9 Å². The molecular formula is C32H72O4. The normalized spacial score (nSPS) is 12.8. The zero-order valence-corrected chi connectivity index (χ0v) is 27.7. The van der Waals surface area contributed by atoms with E-state index < -0.39 is 0 Å². The van der Waals surface area contributed by atoms with E-state index >= 15 is 0 Å². The first-order valence-corrected chi connectivity index (χ1v) is 15.1. The van der Waals surface area contributed by atoms with Gasteiger partial charge in [-0.05, 0) is 69.6 Å². The third-order valence-electron chi connectivity index (χ3n) is 5.40. The number of ether oxygens (including phenoxy) is 4. The van der Waals surface area contributed by atoms with Gasteiger partial charge in [0.25, 0.3) is 0 Å². The van der Waals surface area contributed by atoms with E-state index in [0.717, 1.165) is 65.5 Å². The van der Waals surface area contributed by atoms with E-state index in [1.807, 2.05) is 13.8 Å². The van der Waals surface area contributed by atoms with Gasteiger partial charge in [-0.25, -0.2) is 0 Å². The van der Waals surface area contributed by atoms with E-state index in [9.17, 15) is 0 Å². The molecule has 0 rings (SSSR count). The maximum Gasteiger partial charge on any atom is 0.0552 e. The van der Waals surface area contributed by atoms with Crippen LogP contribution >= 0.6 is 0 Å². The summed E-state index contributed by atoms with van der Waals surface area (Å²) in [7, 11) is 0.